The summed E-state index contributed by atoms with van der Waals surface area (Å²) in [5.41, 5.74) is 1.99. The third-order valence-corrected chi connectivity index (χ3v) is 5.25. The molecular weight excluding hydrogens is 356 g/mol. The fourth-order valence-corrected chi connectivity index (χ4v) is 3.98. The molecule has 0 atom stereocenters. The monoisotopic (exact) mass is 372 g/mol. The standard InChI is InChI=1S/C18H16N2O3S2/c1-19(2)14-8-7-11(12-5-3-4-6-13(12)14)9-15-17(23)20(10-16(21)22)18(24)25-15/h3-9H,10H2,1-2H3,(H,21,22). The van der Waals surface area contributed by atoms with Crippen molar-refractivity contribution in [3.8, 4) is 0 Å². The second-order valence-electron chi connectivity index (χ2n) is 5.78. The minimum absolute atomic E-state index is 0.271. The van der Waals surface area contributed by atoms with Crippen LogP contribution in [-0.2, 0) is 9.59 Å². The normalized spacial score (nSPS) is 16.1. The number of amides is 1. The Hall–Kier alpha value is -2.38. The Labute approximate surface area is 154 Å². The molecule has 2 aromatic rings. The van der Waals surface area contributed by atoms with Gasteiger partial charge < -0.3 is 10.0 Å². The number of anilines is 1. The lowest BCUT2D eigenvalue weighted by molar-refractivity contribution is -0.140. The average molecular weight is 372 g/mol. The van der Waals surface area contributed by atoms with Gasteiger partial charge in [0.25, 0.3) is 5.91 Å². The lowest BCUT2D eigenvalue weighted by Gasteiger charge is -2.16. The van der Waals surface area contributed by atoms with Crippen LogP contribution in [0.25, 0.3) is 16.8 Å². The number of carboxylic acid groups (broad SMARTS) is 1. The molecule has 5 nitrogen and oxygen atoms in total. The van der Waals surface area contributed by atoms with Crippen LogP contribution in [0.2, 0.25) is 0 Å². The topological polar surface area (TPSA) is 60.9 Å². The Morgan fingerprint density at radius 2 is 1.92 bits per heavy atom. The van der Waals surface area contributed by atoms with Crippen LogP contribution in [0, 0.1) is 0 Å². The lowest BCUT2D eigenvalue weighted by atomic mass is 10.0. The number of fused-ring (bicyclic) bond motifs is 1. The second-order valence-corrected chi connectivity index (χ2v) is 7.45. The molecule has 1 N–H and O–H groups in total. The highest BCUT2D eigenvalue weighted by Crippen LogP contribution is 2.35. The zero-order valence-corrected chi connectivity index (χ0v) is 15.4. The van der Waals surface area contributed by atoms with Crippen molar-refractivity contribution >= 4 is 62.7 Å². The molecule has 0 unspecified atom stereocenters. The molecule has 1 amide bonds. The van der Waals surface area contributed by atoms with Crippen LogP contribution >= 0.6 is 24.0 Å². The number of aliphatic carboxylic acids is 1. The van der Waals surface area contributed by atoms with E-state index in [0.29, 0.717) is 4.91 Å². The first kappa shape index (κ1) is 17.4. The summed E-state index contributed by atoms with van der Waals surface area (Å²) < 4.78 is 0.271. The number of hydrogen-bond donors (Lipinski definition) is 1. The molecule has 0 aromatic heterocycles. The van der Waals surface area contributed by atoms with Crippen molar-refractivity contribution < 1.29 is 14.7 Å². The molecular formula is C18H16N2O3S2. The summed E-state index contributed by atoms with van der Waals surface area (Å²) in [5.74, 6) is -1.45. The Morgan fingerprint density at radius 3 is 2.56 bits per heavy atom. The van der Waals surface area contributed by atoms with E-state index >= 15 is 0 Å². The molecule has 1 aliphatic heterocycles. The van der Waals surface area contributed by atoms with Gasteiger partial charge in [-0.2, -0.15) is 0 Å². The van der Waals surface area contributed by atoms with E-state index in [-0.39, 0.29) is 10.2 Å². The summed E-state index contributed by atoms with van der Waals surface area (Å²) >= 11 is 6.27. The Bertz CT molecular complexity index is 922. The number of thiocarbonyl (C=S) groups is 1. The van der Waals surface area contributed by atoms with Gasteiger partial charge in [0.05, 0.1) is 4.91 Å². The highest BCUT2D eigenvalue weighted by Gasteiger charge is 2.33. The van der Waals surface area contributed by atoms with E-state index in [0.717, 1.165) is 38.7 Å². The molecule has 7 heteroatoms. The number of rotatable bonds is 4. The van der Waals surface area contributed by atoms with Crippen molar-refractivity contribution in [2.45, 2.75) is 0 Å². The summed E-state index contributed by atoms with van der Waals surface area (Å²) in [6, 6.07) is 11.9. The predicted molar refractivity (Wildman–Crippen MR) is 106 cm³/mol. The van der Waals surface area contributed by atoms with Gasteiger partial charge in [-0.1, -0.05) is 54.3 Å². The second kappa shape index (κ2) is 6.85. The van der Waals surface area contributed by atoms with Crippen molar-refractivity contribution in [2.24, 2.45) is 0 Å². The minimum atomic E-state index is -1.08. The molecule has 1 saturated heterocycles. The van der Waals surface area contributed by atoms with Crippen molar-refractivity contribution in [1.82, 2.24) is 4.90 Å². The van der Waals surface area contributed by atoms with Crippen LogP contribution < -0.4 is 4.90 Å². The van der Waals surface area contributed by atoms with Crippen molar-refractivity contribution in [3.63, 3.8) is 0 Å². The van der Waals surface area contributed by atoms with Crippen LogP contribution in [0.5, 0.6) is 0 Å². The summed E-state index contributed by atoms with van der Waals surface area (Å²) in [4.78, 5) is 26.9. The van der Waals surface area contributed by atoms with E-state index in [1.807, 2.05) is 55.4 Å². The maximum absolute atomic E-state index is 12.4. The Morgan fingerprint density at radius 1 is 1.24 bits per heavy atom. The quantitative estimate of drug-likeness (QED) is 0.657. The van der Waals surface area contributed by atoms with E-state index in [1.165, 1.54) is 0 Å². The van der Waals surface area contributed by atoms with E-state index < -0.39 is 12.5 Å². The molecule has 2 aromatic carbocycles. The number of carbonyl (C=O) groups excluding carboxylic acids is 1. The van der Waals surface area contributed by atoms with Gasteiger partial charge in [-0.3, -0.25) is 14.5 Å². The predicted octanol–water partition coefficient (Wildman–Crippen LogP) is 3.19. The molecule has 1 fully saturated rings. The van der Waals surface area contributed by atoms with Gasteiger partial charge in [0, 0.05) is 25.2 Å². The largest absolute Gasteiger partial charge is 0.480 e. The molecule has 1 heterocycles. The van der Waals surface area contributed by atoms with Gasteiger partial charge in [0.15, 0.2) is 0 Å². The number of nitrogens with zero attached hydrogens (tertiary/aromatic N) is 2. The molecule has 3 rings (SSSR count). The van der Waals surface area contributed by atoms with Gasteiger partial charge in [0.2, 0.25) is 0 Å². The Balaban J connectivity index is 2.05. The maximum Gasteiger partial charge on any atom is 0.323 e. The van der Waals surface area contributed by atoms with Crippen molar-refractivity contribution in [2.75, 3.05) is 25.5 Å². The number of thioether (sulfide) groups is 1. The van der Waals surface area contributed by atoms with Crippen LogP contribution in [-0.4, -0.2) is 46.8 Å². The van der Waals surface area contributed by atoms with E-state index in [9.17, 15) is 9.59 Å². The molecule has 0 aliphatic carbocycles. The van der Waals surface area contributed by atoms with Gasteiger partial charge in [-0.05, 0) is 23.1 Å². The summed E-state index contributed by atoms with van der Waals surface area (Å²) in [5, 5.41) is 11.0. The number of hydrogen-bond acceptors (Lipinski definition) is 5. The van der Waals surface area contributed by atoms with Crippen LogP contribution in [0.1, 0.15) is 5.56 Å². The smallest absolute Gasteiger partial charge is 0.323 e. The lowest BCUT2D eigenvalue weighted by Crippen LogP contribution is -2.33. The molecule has 0 spiro atoms. The summed E-state index contributed by atoms with van der Waals surface area (Å²) in [6.07, 6.45) is 1.78. The van der Waals surface area contributed by atoms with Gasteiger partial charge in [0.1, 0.15) is 10.9 Å². The zero-order chi connectivity index (χ0) is 18.1. The first-order valence-electron chi connectivity index (χ1n) is 7.54. The fraction of sp³-hybridized carbons (Fsp3) is 0.167. The van der Waals surface area contributed by atoms with Gasteiger partial charge >= 0.3 is 5.97 Å². The number of benzene rings is 2. The molecule has 0 bridgehead atoms. The molecule has 25 heavy (non-hydrogen) atoms. The van der Waals surface area contributed by atoms with Gasteiger partial charge in [-0.15, -0.1) is 0 Å². The van der Waals surface area contributed by atoms with Crippen molar-refractivity contribution in [1.29, 1.82) is 0 Å². The summed E-state index contributed by atoms with van der Waals surface area (Å²) in [6.45, 7) is -0.414. The number of carboxylic acids is 1. The molecule has 128 valence electrons. The van der Waals surface area contributed by atoms with Crippen LogP contribution in [0.15, 0.2) is 41.3 Å². The third kappa shape index (κ3) is 3.38. The van der Waals surface area contributed by atoms with E-state index in [4.69, 9.17) is 17.3 Å². The third-order valence-electron chi connectivity index (χ3n) is 3.87. The molecule has 0 saturated carbocycles. The number of carbonyl (C=O) groups is 2. The minimum Gasteiger partial charge on any atom is -0.480 e. The van der Waals surface area contributed by atoms with Crippen molar-refractivity contribution in [3.05, 3.63) is 46.9 Å². The maximum atomic E-state index is 12.4. The average Bonchev–Trinajstić information content (AvgIpc) is 2.82. The van der Waals surface area contributed by atoms with Crippen LogP contribution in [0.4, 0.5) is 5.69 Å². The SMILES string of the molecule is CN(C)c1ccc(C=C2SC(=S)N(CC(=O)O)C2=O)c2ccccc12. The first-order valence-corrected chi connectivity index (χ1v) is 8.77. The highest BCUT2D eigenvalue weighted by molar-refractivity contribution is 8.26. The first-order chi connectivity index (χ1) is 11.9. The van der Waals surface area contributed by atoms with Gasteiger partial charge in [-0.25, -0.2) is 0 Å². The Kier molecular flexibility index (Phi) is 4.78. The highest BCUT2D eigenvalue weighted by atomic mass is 32.2. The van der Waals surface area contributed by atoms with E-state index in [2.05, 4.69) is 0 Å². The fourth-order valence-electron chi connectivity index (χ4n) is 2.74. The summed E-state index contributed by atoms with van der Waals surface area (Å²) in [7, 11) is 3.97. The molecule has 1 aliphatic rings. The molecule has 0 radical (unpaired) electrons. The van der Waals surface area contributed by atoms with Crippen LogP contribution in [0.3, 0.4) is 0 Å². The van der Waals surface area contributed by atoms with E-state index in [1.54, 1.807) is 6.08 Å². The zero-order valence-electron chi connectivity index (χ0n) is 13.7.